The Bertz CT molecular complexity index is 1030. The fourth-order valence-electron chi connectivity index (χ4n) is 2.97. The van der Waals surface area contributed by atoms with E-state index in [4.69, 9.17) is 4.42 Å². The van der Waals surface area contributed by atoms with Crippen molar-refractivity contribution < 1.29 is 9.21 Å². The van der Waals surface area contributed by atoms with Gasteiger partial charge in [-0.1, -0.05) is 30.3 Å². The summed E-state index contributed by atoms with van der Waals surface area (Å²) < 4.78 is 5.34. The average molecular weight is 380 g/mol. The normalized spacial score (nSPS) is 11.0. The highest BCUT2D eigenvalue weighted by Crippen LogP contribution is 2.23. The maximum Gasteiger partial charge on any atom is 0.348 e. The highest BCUT2D eigenvalue weighted by atomic mass is 16.4. The number of anilines is 2. The number of nitrogens with one attached hydrogen (secondary N) is 2. The number of carbonyl (C=O) groups is 1. The van der Waals surface area contributed by atoms with Crippen LogP contribution in [0, 0.1) is 6.92 Å². The van der Waals surface area contributed by atoms with Crippen molar-refractivity contribution in [2.75, 3.05) is 37.8 Å². The average Bonchev–Trinajstić information content (AvgIpc) is 2.64. The van der Waals surface area contributed by atoms with Crippen LogP contribution in [0.25, 0.3) is 10.9 Å². The Kier molecular flexibility index (Phi) is 6.06. The molecule has 7 heteroatoms. The van der Waals surface area contributed by atoms with Crippen LogP contribution in [0.5, 0.6) is 0 Å². The van der Waals surface area contributed by atoms with Crippen molar-refractivity contribution in [3.05, 3.63) is 64.0 Å². The Balaban J connectivity index is 1.77. The van der Waals surface area contributed by atoms with E-state index >= 15 is 0 Å². The summed E-state index contributed by atoms with van der Waals surface area (Å²) in [6.45, 7) is 2.63. The number of nitrogens with zero attached hydrogens (tertiary/aromatic N) is 2. The highest BCUT2D eigenvalue weighted by Gasteiger charge is 2.13. The molecule has 2 N–H and O–H groups in total. The predicted molar refractivity (Wildman–Crippen MR) is 111 cm³/mol. The van der Waals surface area contributed by atoms with Gasteiger partial charge in [0, 0.05) is 12.2 Å². The lowest BCUT2D eigenvalue weighted by Gasteiger charge is -2.13. The first-order valence-electron chi connectivity index (χ1n) is 9.11. The zero-order chi connectivity index (χ0) is 20.1. The van der Waals surface area contributed by atoms with Crippen LogP contribution in [0.1, 0.15) is 11.1 Å². The van der Waals surface area contributed by atoms with Crippen LogP contribution in [-0.4, -0.2) is 43.0 Å². The Hall–Kier alpha value is -3.19. The molecule has 1 aromatic heterocycles. The second kappa shape index (κ2) is 8.67. The first-order chi connectivity index (χ1) is 13.4. The molecule has 3 aromatic rings. The molecule has 3 rings (SSSR count). The van der Waals surface area contributed by atoms with E-state index in [1.54, 1.807) is 24.0 Å². The van der Waals surface area contributed by atoms with Gasteiger partial charge in [-0.3, -0.25) is 4.79 Å². The molecule has 0 aliphatic rings. The number of aryl methyl sites for hydroxylation is 1. The minimum absolute atomic E-state index is 0.149. The van der Waals surface area contributed by atoms with E-state index in [0.29, 0.717) is 28.7 Å². The van der Waals surface area contributed by atoms with Crippen molar-refractivity contribution in [2.24, 2.45) is 0 Å². The van der Waals surface area contributed by atoms with Crippen molar-refractivity contribution in [2.45, 2.75) is 13.3 Å². The van der Waals surface area contributed by atoms with Crippen molar-refractivity contribution in [3.8, 4) is 0 Å². The number of likely N-dealkylation sites (N-methyl/N-ethyl adjacent to an activating group) is 1. The minimum Gasteiger partial charge on any atom is -0.389 e. The molecule has 0 saturated carbocycles. The van der Waals surface area contributed by atoms with E-state index < -0.39 is 5.63 Å². The van der Waals surface area contributed by atoms with Crippen LogP contribution >= 0.6 is 0 Å². The molecule has 0 radical (unpaired) electrons. The first-order valence-corrected chi connectivity index (χ1v) is 9.11. The number of hydrogen-bond donors (Lipinski definition) is 2. The summed E-state index contributed by atoms with van der Waals surface area (Å²) in [4.78, 5) is 30.7. The molecular formula is C21H24N4O3. The zero-order valence-corrected chi connectivity index (χ0v) is 16.3. The third-order valence-electron chi connectivity index (χ3n) is 4.33. The molecule has 28 heavy (non-hydrogen) atoms. The third kappa shape index (κ3) is 4.75. The SMILES string of the molecule is Cc1c(NC(=O)CN(C)C)ccc2nc(NCCc3ccccc3)oc(=O)c12. The summed E-state index contributed by atoms with van der Waals surface area (Å²) in [6.07, 6.45) is 0.792. The number of carbonyl (C=O) groups excluding carboxylic acids is 1. The maximum absolute atomic E-state index is 12.5. The number of hydrogen-bond acceptors (Lipinski definition) is 6. The van der Waals surface area contributed by atoms with Crippen molar-refractivity contribution in [1.29, 1.82) is 0 Å². The predicted octanol–water partition coefficient (Wildman–Crippen LogP) is 2.65. The second-order valence-corrected chi connectivity index (χ2v) is 6.89. The largest absolute Gasteiger partial charge is 0.389 e. The summed E-state index contributed by atoms with van der Waals surface area (Å²) in [5.41, 5.74) is 2.46. The van der Waals surface area contributed by atoms with E-state index in [0.717, 1.165) is 6.42 Å². The van der Waals surface area contributed by atoms with E-state index in [2.05, 4.69) is 15.6 Å². The molecule has 0 atom stereocenters. The lowest BCUT2D eigenvalue weighted by atomic mass is 10.1. The van der Waals surface area contributed by atoms with Crippen LogP contribution in [-0.2, 0) is 11.2 Å². The van der Waals surface area contributed by atoms with E-state index in [1.807, 2.05) is 44.4 Å². The number of rotatable bonds is 7. The van der Waals surface area contributed by atoms with Crippen LogP contribution < -0.4 is 16.3 Å². The number of amides is 1. The minimum atomic E-state index is -0.478. The van der Waals surface area contributed by atoms with Gasteiger partial charge >= 0.3 is 5.63 Å². The summed E-state index contributed by atoms with van der Waals surface area (Å²) in [5, 5.41) is 6.26. The molecule has 1 heterocycles. The number of aromatic nitrogens is 1. The van der Waals surface area contributed by atoms with Gasteiger partial charge < -0.3 is 20.0 Å². The van der Waals surface area contributed by atoms with Crippen molar-refractivity contribution >= 4 is 28.5 Å². The molecule has 2 aromatic carbocycles. The van der Waals surface area contributed by atoms with Crippen LogP contribution in [0.3, 0.4) is 0 Å². The Morgan fingerprint density at radius 2 is 1.89 bits per heavy atom. The van der Waals surface area contributed by atoms with Gasteiger partial charge in [0.25, 0.3) is 6.01 Å². The molecule has 0 saturated heterocycles. The number of benzene rings is 2. The quantitative estimate of drug-likeness (QED) is 0.655. The van der Waals surface area contributed by atoms with Crippen molar-refractivity contribution in [3.63, 3.8) is 0 Å². The summed E-state index contributed by atoms with van der Waals surface area (Å²) in [7, 11) is 3.63. The van der Waals surface area contributed by atoms with Crippen LogP contribution in [0.2, 0.25) is 0 Å². The molecule has 0 bridgehead atoms. The maximum atomic E-state index is 12.5. The molecule has 7 nitrogen and oxygen atoms in total. The van der Waals surface area contributed by atoms with Gasteiger partial charge in [-0.25, -0.2) is 4.79 Å². The van der Waals surface area contributed by atoms with Gasteiger partial charge in [0.15, 0.2) is 0 Å². The van der Waals surface area contributed by atoms with Gasteiger partial charge in [0.1, 0.15) is 0 Å². The molecule has 0 spiro atoms. The standard InChI is InChI=1S/C21H24N4O3/c1-14-16(23-18(26)13-25(2)3)9-10-17-19(14)20(27)28-21(24-17)22-12-11-15-7-5-4-6-8-15/h4-10H,11-13H2,1-3H3,(H,22,24)(H,23,26). The van der Waals surface area contributed by atoms with Crippen LogP contribution in [0.4, 0.5) is 11.7 Å². The zero-order valence-electron chi connectivity index (χ0n) is 16.3. The van der Waals surface area contributed by atoms with E-state index in [9.17, 15) is 9.59 Å². The lowest BCUT2D eigenvalue weighted by molar-refractivity contribution is -0.116. The summed E-state index contributed by atoms with van der Waals surface area (Å²) >= 11 is 0. The van der Waals surface area contributed by atoms with E-state index in [-0.39, 0.29) is 18.5 Å². The third-order valence-corrected chi connectivity index (χ3v) is 4.33. The molecule has 1 amide bonds. The second-order valence-electron chi connectivity index (χ2n) is 6.89. The lowest BCUT2D eigenvalue weighted by Crippen LogP contribution is -2.27. The smallest absolute Gasteiger partial charge is 0.348 e. The highest BCUT2D eigenvalue weighted by molar-refractivity contribution is 5.96. The fraction of sp³-hybridized carbons (Fsp3) is 0.286. The Morgan fingerprint density at radius 1 is 1.14 bits per heavy atom. The van der Waals surface area contributed by atoms with Crippen LogP contribution in [0.15, 0.2) is 51.7 Å². The van der Waals surface area contributed by atoms with Gasteiger partial charge in [-0.05, 0) is 50.7 Å². The van der Waals surface area contributed by atoms with Gasteiger partial charge in [-0.2, -0.15) is 4.98 Å². The number of fused-ring (bicyclic) bond motifs is 1. The summed E-state index contributed by atoms with van der Waals surface area (Å²) in [5.74, 6) is -0.149. The van der Waals surface area contributed by atoms with Gasteiger partial charge in [-0.15, -0.1) is 0 Å². The topological polar surface area (TPSA) is 87.5 Å². The van der Waals surface area contributed by atoms with Gasteiger partial charge in [0.05, 0.1) is 17.4 Å². The molecule has 0 aliphatic heterocycles. The monoisotopic (exact) mass is 380 g/mol. The molecule has 0 unspecified atom stereocenters. The molecule has 146 valence electrons. The first kappa shape index (κ1) is 19.6. The molecular weight excluding hydrogens is 356 g/mol. The molecule has 0 fully saturated rings. The molecule has 0 aliphatic carbocycles. The Labute approximate surface area is 163 Å². The Morgan fingerprint density at radius 3 is 2.61 bits per heavy atom. The van der Waals surface area contributed by atoms with E-state index in [1.165, 1.54) is 5.56 Å². The fourth-order valence-corrected chi connectivity index (χ4v) is 2.97. The van der Waals surface area contributed by atoms with Gasteiger partial charge in [0.2, 0.25) is 5.91 Å². The van der Waals surface area contributed by atoms with Crippen molar-refractivity contribution in [1.82, 2.24) is 9.88 Å². The summed E-state index contributed by atoms with van der Waals surface area (Å²) in [6, 6.07) is 13.7.